The van der Waals surface area contributed by atoms with Gasteiger partial charge in [0, 0.05) is 6.04 Å². The van der Waals surface area contributed by atoms with Gasteiger partial charge < -0.3 is 26.6 Å². The Hall–Kier alpha value is -2.90. The first-order valence-corrected chi connectivity index (χ1v) is 10.9. The van der Waals surface area contributed by atoms with Crippen LogP contribution in [0.15, 0.2) is 60.7 Å². The van der Waals surface area contributed by atoms with Crippen LogP contribution in [0.3, 0.4) is 0 Å². The fourth-order valence-corrected chi connectivity index (χ4v) is 3.69. The number of hydrogen-bond acceptors (Lipinski definition) is 4. The van der Waals surface area contributed by atoms with E-state index in [1.54, 1.807) is 20.8 Å². The smallest absolute Gasteiger partial charge is 0.405 e. The van der Waals surface area contributed by atoms with E-state index in [1.807, 2.05) is 60.7 Å². The molecule has 6 N–H and O–H groups in total. The standard InChI is InChI=1S/C25H35N3O4/c1-25(2,3)22(28-24(31)32)23(30)27-20(15-18-12-8-5-9-13-18)21(29)16-19(26)14-17-10-6-4-7-11-17/h4-13,19-22,28-29H,14-16,26H2,1-3H3,(H,27,30)(H,31,32)/t19-,20-,21+,22+/m0/s1. The van der Waals surface area contributed by atoms with Gasteiger partial charge in [0.2, 0.25) is 5.91 Å². The van der Waals surface area contributed by atoms with Crippen LogP contribution >= 0.6 is 0 Å². The lowest BCUT2D eigenvalue weighted by atomic mass is 9.85. The second-order valence-electron chi connectivity index (χ2n) is 9.31. The first-order chi connectivity index (χ1) is 15.1. The Morgan fingerprint density at radius 2 is 1.41 bits per heavy atom. The molecule has 0 saturated carbocycles. The molecule has 0 aliphatic carbocycles. The molecule has 0 aromatic heterocycles. The van der Waals surface area contributed by atoms with E-state index >= 15 is 0 Å². The van der Waals surface area contributed by atoms with Crippen LogP contribution in [-0.4, -0.2) is 46.4 Å². The summed E-state index contributed by atoms with van der Waals surface area (Å²) >= 11 is 0. The Bertz CT molecular complexity index is 852. The Kier molecular flexibility index (Phi) is 9.23. The van der Waals surface area contributed by atoms with Crippen molar-refractivity contribution in [3.63, 3.8) is 0 Å². The maximum atomic E-state index is 13.0. The topological polar surface area (TPSA) is 125 Å². The van der Waals surface area contributed by atoms with Crippen molar-refractivity contribution in [2.45, 2.75) is 64.3 Å². The summed E-state index contributed by atoms with van der Waals surface area (Å²) in [6, 6.07) is 17.5. The number of nitrogens with two attached hydrogens (primary N) is 1. The zero-order valence-corrected chi connectivity index (χ0v) is 19.0. The first-order valence-electron chi connectivity index (χ1n) is 10.9. The lowest BCUT2D eigenvalue weighted by Crippen LogP contribution is -2.57. The summed E-state index contributed by atoms with van der Waals surface area (Å²) in [6.07, 6.45) is -0.877. The summed E-state index contributed by atoms with van der Waals surface area (Å²) in [5.74, 6) is -0.475. The minimum Gasteiger partial charge on any atom is -0.465 e. The van der Waals surface area contributed by atoms with E-state index in [1.165, 1.54) is 0 Å². The van der Waals surface area contributed by atoms with Crippen molar-refractivity contribution >= 4 is 12.0 Å². The average Bonchev–Trinajstić information content (AvgIpc) is 2.72. The largest absolute Gasteiger partial charge is 0.465 e. The van der Waals surface area contributed by atoms with Gasteiger partial charge in [0.1, 0.15) is 6.04 Å². The third-order valence-corrected chi connectivity index (χ3v) is 5.37. The van der Waals surface area contributed by atoms with E-state index in [2.05, 4.69) is 10.6 Å². The van der Waals surface area contributed by atoms with Crippen molar-refractivity contribution in [2.75, 3.05) is 0 Å². The number of aliphatic hydroxyl groups excluding tert-OH is 1. The Morgan fingerprint density at radius 1 is 0.906 bits per heavy atom. The van der Waals surface area contributed by atoms with Gasteiger partial charge in [0.05, 0.1) is 12.1 Å². The van der Waals surface area contributed by atoms with E-state index in [-0.39, 0.29) is 6.04 Å². The number of carbonyl (C=O) groups excluding carboxylic acids is 1. The van der Waals surface area contributed by atoms with E-state index in [0.29, 0.717) is 19.3 Å². The highest BCUT2D eigenvalue weighted by Crippen LogP contribution is 2.20. The van der Waals surface area contributed by atoms with Crippen LogP contribution in [0.5, 0.6) is 0 Å². The molecule has 2 aromatic carbocycles. The van der Waals surface area contributed by atoms with Crippen molar-refractivity contribution in [3.05, 3.63) is 71.8 Å². The molecule has 2 aromatic rings. The number of carbonyl (C=O) groups is 2. The van der Waals surface area contributed by atoms with Crippen molar-refractivity contribution in [1.29, 1.82) is 0 Å². The summed E-state index contributed by atoms with van der Waals surface area (Å²) in [4.78, 5) is 24.3. The molecule has 0 radical (unpaired) electrons. The van der Waals surface area contributed by atoms with Crippen LogP contribution in [0.25, 0.3) is 0 Å². The van der Waals surface area contributed by atoms with Crippen LogP contribution in [0, 0.1) is 5.41 Å². The van der Waals surface area contributed by atoms with Crippen molar-refractivity contribution in [3.8, 4) is 0 Å². The van der Waals surface area contributed by atoms with Gasteiger partial charge in [-0.05, 0) is 35.8 Å². The first kappa shape index (κ1) is 25.4. The minimum absolute atomic E-state index is 0.291. The Morgan fingerprint density at radius 3 is 1.88 bits per heavy atom. The molecule has 2 rings (SSSR count). The monoisotopic (exact) mass is 441 g/mol. The van der Waals surface area contributed by atoms with Gasteiger partial charge in [-0.15, -0.1) is 0 Å². The highest BCUT2D eigenvalue weighted by atomic mass is 16.4. The van der Waals surface area contributed by atoms with Crippen LogP contribution in [-0.2, 0) is 17.6 Å². The quantitative estimate of drug-likeness (QED) is 0.388. The zero-order valence-electron chi connectivity index (χ0n) is 19.0. The van der Waals surface area contributed by atoms with Gasteiger partial charge >= 0.3 is 6.09 Å². The number of hydrogen-bond donors (Lipinski definition) is 5. The zero-order chi connectivity index (χ0) is 23.7. The highest BCUT2D eigenvalue weighted by molar-refractivity contribution is 5.86. The minimum atomic E-state index is -1.27. The molecule has 0 bridgehead atoms. The molecule has 0 spiro atoms. The van der Waals surface area contributed by atoms with Crippen LogP contribution in [0.4, 0.5) is 4.79 Å². The highest BCUT2D eigenvalue weighted by Gasteiger charge is 2.35. The third kappa shape index (κ3) is 8.32. The number of amides is 2. The van der Waals surface area contributed by atoms with Crippen molar-refractivity contribution in [2.24, 2.45) is 11.1 Å². The molecule has 32 heavy (non-hydrogen) atoms. The summed E-state index contributed by atoms with van der Waals surface area (Å²) in [7, 11) is 0. The molecule has 0 heterocycles. The fraction of sp³-hybridized carbons (Fsp3) is 0.440. The van der Waals surface area contributed by atoms with Gasteiger partial charge in [-0.3, -0.25) is 4.79 Å². The molecule has 0 unspecified atom stereocenters. The van der Waals surface area contributed by atoms with Crippen molar-refractivity contribution < 1.29 is 19.8 Å². The summed E-state index contributed by atoms with van der Waals surface area (Å²) in [6.45, 7) is 5.35. The predicted molar refractivity (Wildman–Crippen MR) is 125 cm³/mol. The van der Waals surface area contributed by atoms with E-state index < -0.39 is 35.6 Å². The fourth-order valence-electron chi connectivity index (χ4n) is 3.69. The second kappa shape index (κ2) is 11.6. The van der Waals surface area contributed by atoms with Crippen LogP contribution < -0.4 is 16.4 Å². The Labute approximate surface area is 190 Å². The molecule has 0 fully saturated rings. The number of carboxylic acid groups (broad SMARTS) is 1. The number of rotatable bonds is 10. The third-order valence-electron chi connectivity index (χ3n) is 5.37. The van der Waals surface area contributed by atoms with Gasteiger partial charge in [-0.2, -0.15) is 0 Å². The Balaban J connectivity index is 2.15. The number of nitrogens with one attached hydrogen (secondary N) is 2. The summed E-state index contributed by atoms with van der Waals surface area (Å²) in [5.41, 5.74) is 7.69. The normalized spacial score (nSPS) is 15.3. The maximum absolute atomic E-state index is 13.0. The second-order valence-corrected chi connectivity index (χ2v) is 9.31. The molecule has 0 aliphatic rings. The van der Waals surface area contributed by atoms with Crippen LogP contribution in [0.2, 0.25) is 0 Å². The summed E-state index contributed by atoms with van der Waals surface area (Å²) < 4.78 is 0. The lowest BCUT2D eigenvalue weighted by Gasteiger charge is -2.33. The molecule has 7 nitrogen and oxygen atoms in total. The molecule has 7 heteroatoms. The molecule has 0 saturated heterocycles. The van der Waals surface area contributed by atoms with Gasteiger partial charge in [0.25, 0.3) is 0 Å². The average molecular weight is 442 g/mol. The molecule has 0 aliphatic heterocycles. The molecule has 174 valence electrons. The van der Waals surface area contributed by atoms with Crippen LogP contribution in [0.1, 0.15) is 38.3 Å². The van der Waals surface area contributed by atoms with E-state index in [9.17, 15) is 19.8 Å². The molecular formula is C25H35N3O4. The lowest BCUT2D eigenvalue weighted by molar-refractivity contribution is -0.127. The maximum Gasteiger partial charge on any atom is 0.405 e. The molecule has 2 amide bonds. The molecular weight excluding hydrogens is 406 g/mol. The van der Waals surface area contributed by atoms with E-state index in [0.717, 1.165) is 11.1 Å². The SMILES string of the molecule is CC(C)(C)[C@H](NC(=O)O)C(=O)N[C@@H](Cc1ccccc1)[C@H](O)C[C@@H](N)Cc1ccccc1. The predicted octanol–water partition coefficient (Wildman–Crippen LogP) is 2.72. The van der Waals surface area contributed by atoms with Gasteiger partial charge in [-0.1, -0.05) is 81.4 Å². The van der Waals surface area contributed by atoms with Gasteiger partial charge in [-0.25, -0.2) is 4.79 Å². The number of benzene rings is 2. The molecule has 4 atom stereocenters. The van der Waals surface area contributed by atoms with Crippen molar-refractivity contribution in [1.82, 2.24) is 10.6 Å². The number of aliphatic hydroxyl groups is 1. The van der Waals surface area contributed by atoms with Gasteiger partial charge in [0.15, 0.2) is 0 Å². The van der Waals surface area contributed by atoms with E-state index in [4.69, 9.17) is 5.73 Å². The summed E-state index contributed by atoms with van der Waals surface area (Å²) in [5, 5.41) is 25.4.